The van der Waals surface area contributed by atoms with Crippen LogP contribution >= 0.6 is 0 Å². The number of ketones is 1. The van der Waals surface area contributed by atoms with E-state index in [2.05, 4.69) is 4.98 Å². The third kappa shape index (κ3) is 3.04. The summed E-state index contributed by atoms with van der Waals surface area (Å²) in [5.41, 5.74) is 1.04. The van der Waals surface area contributed by atoms with Gasteiger partial charge in [-0.3, -0.25) is 9.35 Å². The molecule has 0 amide bonds. The average molecular weight is 276 g/mol. The number of rotatable bonds is 4. The Morgan fingerprint density at radius 2 is 1.89 bits per heavy atom. The quantitative estimate of drug-likeness (QED) is 0.688. The SMILES string of the molecule is CC(=O)c1ccc(N(c2ccccn2)S(=O)O)cc1. The molecule has 98 valence electrons. The Bertz CT molecular complexity index is 599. The number of anilines is 2. The highest BCUT2D eigenvalue weighted by atomic mass is 32.2. The van der Waals surface area contributed by atoms with Gasteiger partial charge in [-0.2, -0.15) is 0 Å². The summed E-state index contributed by atoms with van der Waals surface area (Å²) >= 11 is -2.24. The highest BCUT2D eigenvalue weighted by Gasteiger charge is 2.16. The van der Waals surface area contributed by atoms with E-state index in [0.717, 1.165) is 0 Å². The number of hydrogen-bond donors (Lipinski definition) is 1. The number of carbonyl (C=O) groups excluding carboxylic acids is 1. The Morgan fingerprint density at radius 3 is 2.37 bits per heavy atom. The Labute approximate surface area is 113 Å². The van der Waals surface area contributed by atoms with E-state index < -0.39 is 11.3 Å². The molecule has 19 heavy (non-hydrogen) atoms. The van der Waals surface area contributed by atoms with Crippen molar-refractivity contribution in [2.45, 2.75) is 6.92 Å². The van der Waals surface area contributed by atoms with Crippen molar-refractivity contribution < 1.29 is 13.6 Å². The molecular formula is C13H12N2O3S. The molecule has 2 rings (SSSR count). The van der Waals surface area contributed by atoms with Crippen molar-refractivity contribution in [3.05, 3.63) is 54.2 Å². The monoisotopic (exact) mass is 276 g/mol. The fraction of sp³-hybridized carbons (Fsp3) is 0.0769. The minimum atomic E-state index is -2.24. The predicted molar refractivity (Wildman–Crippen MR) is 73.6 cm³/mol. The summed E-state index contributed by atoms with van der Waals surface area (Å²) in [4.78, 5) is 15.2. The summed E-state index contributed by atoms with van der Waals surface area (Å²) in [6, 6.07) is 11.5. The van der Waals surface area contributed by atoms with E-state index in [9.17, 15) is 13.6 Å². The third-order valence-corrected chi connectivity index (χ3v) is 3.23. The zero-order valence-electron chi connectivity index (χ0n) is 10.2. The van der Waals surface area contributed by atoms with Crippen LogP contribution in [-0.4, -0.2) is 19.5 Å². The second-order valence-electron chi connectivity index (χ2n) is 3.82. The van der Waals surface area contributed by atoms with Crippen LogP contribution in [0.1, 0.15) is 17.3 Å². The molecular weight excluding hydrogens is 264 g/mol. The molecule has 1 atom stereocenters. The first-order valence-electron chi connectivity index (χ1n) is 5.53. The highest BCUT2D eigenvalue weighted by Crippen LogP contribution is 2.24. The maximum absolute atomic E-state index is 11.4. The third-order valence-electron chi connectivity index (χ3n) is 2.52. The molecule has 1 unspecified atom stereocenters. The Hall–Kier alpha value is -2.05. The van der Waals surface area contributed by atoms with Crippen molar-refractivity contribution in [2.24, 2.45) is 0 Å². The molecule has 5 nitrogen and oxygen atoms in total. The van der Waals surface area contributed by atoms with Gasteiger partial charge in [0.2, 0.25) is 0 Å². The second kappa shape index (κ2) is 5.73. The van der Waals surface area contributed by atoms with Crippen molar-refractivity contribution in [1.29, 1.82) is 0 Å². The van der Waals surface area contributed by atoms with Gasteiger partial charge in [0.05, 0.1) is 5.69 Å². The molecule has 0 aliphatic heterocycles. The molecule has 0 fully saturated rings. The normalized spacial score (nSPS) is 11.9. The molecule has 1 N–H and O–H groups in total. The number of nitrogens with zero attached hydrogens (tertiary/aromatic N) is 2. The first-order chi connectivity index (χ1) is 9.09. The second-order valence-corrected chi connectivity index (χ2v) is 4.64. The summed E-state index contributed by atoms with van der Waals surface area (Å²) < 4.78 is 22.0. The van der Waals surface area contributed by atoms with Gasteiger partial charge in [0.25, 0.3) is 11.3 Å². The van der Waals surface area contributed by atoms with E-state index in [1.807, 2.05) is 0 Å². The van der Waals surface area contributed by atoms with E-state index in [-0.39, 0.29) is 5.78 Å². The summed E-state index contributed by atoms with van der Waals surface area (Å²) in [6.07, 6.45) is 1.54. The van der Waals surface area contributed by atoms with Crippen molar-refractivity contribution in [2.75, 3.05) is 4.31 Å². The molecule has 0 saturated heterocycles. The van der Waals surface area contributed by atoms with Crippen LogP contribution < -0.4 is 4.31 Å². The lowest BCUT2D eigenvalue weighted by molar-refractivity contribution is 0.101. The molecule has 0 spiro atoms. The van der Waals surface area contributed by atoms with E-state index in [4.69, 9.17) is 0 Å². The Balaban J connectivity index is 2.40. The first kappa shape index (κ1) is 13.4. The topological polar surface area (TPSA) is 70.5 Å². The average Bonchev–Trinajstić information content (AvgIpc) is 2.40. The van der Waals surface area contributed by atoms with E-state index in [1.165, 1.54) is 11.2 Å². The Morgan fingerprint density at radius 1 is 1.21 bits per heavy atom. The van der Waals surface area contributed by atoms with Crippen LogP contribution in [0.5, 0.6) is 0 Å². The molecule has 0 aliphatic rings. The summed E-state index contributed by atoms with van der Waals surface area (Å²) in [5, 5.41) is 0. The van der Waals surface area contributed by atoms with Crippen LogP contribution in [0.15, 0.2) is 48.7 Å². The minimum Gasteiger partial charge on any atom is -0.295 e. The van der Waals surface area contributed by atoms with E-state index in [0.29, 0.717) is 17.1 Å². The van der Waals surface area contributed by atoms with Gasteiger partial charge in [-0.1, -0.05) is 6.07 Å². The smallest absolute Gasteiger partial charge is 0.267 e. The summed E-state index contributed by atoms with van der Waals surface area (Å²) in [6.45, 7) is 1.47. The van der Waals surface area contributed by atoms with Crippen LogP contribution in [0.4, 0.5) is 11.5 Å². The van der Waals surface area contributed by atoms with Crippen LogP contribution in [-0.2, 0) is 11.3 Å². The maximum Gasteiger partial charge on any atom is 0.267 e. The molecule has 0 radical (unpaired) electrons. The van der Waals surface area contributed by atoms with Crippen LogP contribution in [0.25, 0.3) is 0 Å². The highest BCUT2D eigenvalue weighted by molar-refractivity contribution is 7.81. The number of Topliss-reactive ketones (excluding diaryl/α,β-unsaturated/α-hetero) is 1. The Kier molecular flexibility index (Phi) is 4.03. The molecule has 0 aliphatic carbocycles. The summed E-state index contributed by atoms with van der Waals surface area (Å²) in [7, 11) is 0. The molecule has 1 aromatic carbocycles. The summed E-state index contributed by atoms with van der Waals surface area (Å²) in [5.74, 6) is 0.306. The van der Waals surface area contributed by atoms with Gasteiger partial charge in [-0.25, -0.2) is 13.5 Å². The maximum atomic E-state index is 11.4. The number of pyridine rings is 1. The van der Waals surface area contributed by atoms with Gasteiger partial charge in [-0.15, -0.1) is 0 Å². The largest absolute Gasteiger partial charge is 0.295 e. The first-order valence-corrected chi connectivity index (χ1v) is 6.59. The molecule has 6 heteroatoms. The lowest BCUT2D eigenvalue weighted by atomic mass is 10.1. The van der Waals surface area contributed by atoms with Crippen LogP contribution in [0.3, 0.4) is 0 Å². The number of benzene rings is 1. The molecule has 2 aromatic rings. The van der Waals surface area contributed by atoms with Crippen molar-refractivity contribution in [3.8, 4) is 0 Å². The van der Waals surface area contributed by atoms with Gasteiger partial charge in [-0.05, 0) is 43.3 Å². The zero-order valence-corrected chi connectivity index (χ0v) is 11.0. The predicted octanol–water partition coefficient (Wildman–Crippen LogP) is 2.56. The van der Waals surface area contributed by atoms with Crippen molar-refractivity contribution in [1.82, 2.24) is 4.98 Å². The van der Waals surface area contributed by atoms with E-state index >= 15 is 0 Å². The van der Waals surface area contributed by atoms with Gasteiger partial charge in [0.1, 0.15) is 5.82 Å². The zero-order chi connectivity index (χ0) is 13.8. The van der Waals surface area contributed by atoms with Gasteiger partial charge >= 0.3 is 0 Å². The molecule has 1 heterocycles. The van der Waals surface area contributed by atoms with Crippen LogP contribution in [0, 0.1) is 0 Å². The van der Waals surface area contributed by atoms with Gasteiger partial charge in [0.15, 0.2) is 5.78 Å². The van der Waals surface area contributed by atoms with Gasteiger partial charge in [0, 0.05) is 11.8 Å². The number of carbonyl (C=O) groups is 1. The number of hydrogen-bond acceptors (Lipinski definition) is 3. The molecule has 0 bridgehead atoms. The van der Waals surface area contributed by atoms with Crippen LogP contribution in [0.2, 0.25) is 0 Å². The molecule has 1 aromatic heterocycles. The standard InChI is InChI=1S/C13H12N2O3S/c1-10(16)11-5-7-12(8-6-11)15(19(17)18)13-4-2-3-9-14-13/h2-9H,1H3,(H,17,18). The minimum absolute atomic E-state index is 0.0546. The molecule has 0 saturated carbocycles. The van der Waals surface area contributed by atoms with Crippen molar-refractivity contribution in [3.63, 3.8) is 0 Å². The van der Waals surface area contributed by atoms with Crippen molar-refractivity contribution >= 4 is 28.6 Å². The van der Waals surface area contributed by atoms with Gasteiger partial charge < -0.3 is 0 Å². The lowest BCUT2D eigenvalue weighted by Crippen LogP contribution is -2.20. The fourth-order valence-corrected chi connectivity index (χ4v) is 2.18. The van der Waals surface area contributed by atoms with E-state index in [1.54, 1.807) is 48.7 Å². The lowest BCUT2D eigenvalue weighted by Gasteiger charge is -2.18. The number of aromatic nitrogens is 1. The fourth-order valence-electron chi connectivity index (χ4n) is 1.61.